The highest BCUT2D eigenvalue weighted by molar-refractivity contribution is 5.76. The monoisotopic (exact) mass is 237 g/mol. The average molecular weight is 237 g/mol. The molecule has 0 spiro atoms. The number of carbonyl (C=O) groups is 1. The summed E-state index contributed by atoms with van der Waals surface area (Å²) in [5, 5.41) is 6.84. The number of hydrogen-bond donors (Lipinski definition) is 2. The second kappa shape index (κ2) is 3.99. The molecule has 0 saturated carbocycles. The lowest BCUT2D eigenvalue weighted by molar-refractivity contribution is -0.122. The maximum Gasteiger partial charge on any atom is 0.242 e. The van der Waals surface area contributed by atoms with Gasteiger partial charge in [0.1, 0.15) is 12.9 Å². The molecule has 2 bridgehead atoms. The molecule has 7 heteroatoms. The molecular weight excluding hydrogens is 222 g/mol. The summed E-state index contributed by atoms with van der Waals surface area (Å²) in [6.45, 7) is 0.151. The highest BCUT2D eigenvalue weighted by atomic mass is 16.5. The number of carbonyl (C=O) groups excluding carboxylic acids is 1. The minimum atomic E-state index is -0.0731. The minimum Gasteiger partial charge on any atom is -0.373 e. The van der Waals surface area contributed by atoms with Gasteiger partial charge in [-0.3, -0.25) is 4.79 Å². The van der Waals surface area contributed by atoms with E-state index in [4.69, 9.17) is 10.5 Å². The van der Waals surface area contributed by atoms with E-state index >= 15 is 0 Å². The number of ether oxygens (including phenoxy) is 1. The standard InChI is InChI=1S/C10H15N5O2/c11-10-12-5-15(14-10)4-9(16)13-7-3-6-1-2-8(7)17-6/h5-8H,1-4H2,(H2,11,14)(H,13,16). The smallest absolute Gasteiger partial charge is 0.242 e. The second-order valence-corrected chi connectivity index (χ2v) is 4.58. The first-order valence-corrected chi connectivity index (χ1v) is 5.80. The summed E-state index contributed by atoms with van der Waals surface area (Å²) in [5.74, 6) is 0.108. The Morgan fingerprint density at radius 1 is 1.65 bits per heavy atom. The van der Waals surface area contributed by atoms with Crippen LogP contribution in [-0.2, 0) is 16.1 Å². The average Bonchev–Trinajstić information content (AvgIpc) is 2.95. The Morgan fingerprint density at radius 2 is 2.53 bits per heavy atom. The molecule has 1 amide bonds. The van der Waals surface area contributed by atoms with E-state index in [2.05, 4.69) is 15.4 Å². The van der Waals surface area contributed by atoms with Gasteiger partial charge in [0.15, 0.2) is 0 Å². The Morgan fingerprint density at radius 3 is 3.12 bits per heavy atom. The molecule has 2 saturated heterocycles. The van der Waals surface area contributed by atoms with Crippen molar-refractivity contribution in [2.45, 2.75) is 44.1 Å². The van der Waals surface area contributed by atoms with Gasteiger partial charge in [0, 0.05) is 0 Å². The van der Waals surface area contributed by atoms with Crippen LogP contribution in [-0.4, -0.2) is 38.9 Å². The first-order valence-electron chi connectivity index (χ1n) is 5.80. The van der Waals surface area contributed by atoms with E-state index in [-0.39, 0.29) is 30.5 Å². The largest absolute Gasteiger partial charge is 0.373 e. The van der Waals surface area contributed by atoms with Crippen LogP contribution in [0.1, 0.15) is 19.3 Å². The maximum atomic E-state index is 11.8. The van der Waals surface area contributed by atoms with E-state index in [0.717, 1.165) is 19.3 Å². The minimum absolute atomic E-state index is 0.0731. The van der Waals surface area contributed by atoms with E-state index in [0.29, 0.717) is 6.10 Å². The molecule has 3 atom stereocenters. The van der Waals surface area contributed by atoms with Crippen molar-refractivity contribution in [3.8, 4) is 0 Å². The SMILES string of the molecule is Nc1ncn(CC(=O)NC2CC3CCC2O3)n1. The van der Waals surface area contributed by atoms with Crippen molar-refractivity contribution in [1.29, 1.82) is 0 Å². The third kappa shape index (κ3) is 2.10. The van der Waals surface area contributed by atoms with Crippen LogP contribution in [0.15, 0.2) is 6.33 Å². The van der Waals surface area contributed by atoms with Crippen molar-refractivity contribution < 1.29 is 9.53 Å². The zero-order valence-electron chi connectivity index (χ0n) is 9.37. The molecule has 1 aromatic heterocycles. The van der Waals surface area contributed by atoms with E-state index in [1.165, 1.54) is 11.0 Å². The first kappa shape index (κ1) is 10.5. The Balaban J connectivity index is 1.54. The predicted molar refractivity (Wildman–Crippen MR) is 58.9 cm³/mol. The van der Waals surface area contributed by atoms with E-state index in [1.807, 2.05) is 0 Å². The summed E-state index contributed by atoms with van der Waals surface area (Å²) in [5.41, 5.74) is 5.37. The van der Waals surface area contributed by atoms with Gasteiger partial charge in [-0.2, -0.15) is 0 Å². The van der Waals surface area contributed by atoms with Crippen LogP contribution in [0.2, 0.25) is 0 Å². The molecular formula is C10H15N5O2. The molecule has 3 N–H and O–H groups in total. The molecule has 2 aliphatic rings. The topological polar surface area (TPSA) is 95.1 Å². The Kier molecular flexibility index (Phi) is 2.47. The summed E-state index contributed by atoms with van der Waals surface area (Å²) in [6.07, 6.45) is 5.09. The number of nitrogens with two attached hydrogens (primary N) is 1. The number of anilines is 1. The van der Waals surface area contributed by atoms with Gasteiger partial charge in [0.25, 0.3) is 0 Å². The van der Waals surface area contributed by atoms with E-state index in [9.17, 15) is 4.79 Å². The van der Waals surface area contributed by atoms with Crippen LogP contribution >= 0.6 is 0 Å². The number of hydrogen-bond acceptors (Lipinski definition) is 5. The lowest BCUT2D eigenvalue weighted by Crippen LogP contribution is -2.42. The third-order valence-electron chi connectivity index (χ3n) is 3.31. The molecule has 2 aliphatic heterocycles. The zero-order chi connectivity index (χ0) is 11.8. The van der Waals surface area contributed by atoms with Crippen LogP contribution in [0, 0.1) is 0 Å². The summed E-state index contributed by atoms with van der Waals surface area (Å²) in [4.78, 5) is 15.5. The molecule has 7 nitrogen and oxygen atoms in total. The number of nitrogens with zero attached hydrogens (tertiary/aromatic N) is 3. The van der Waals surface area contributed by atoms with E-state index in [1.54, 1.807) is 0 Å². The summed E-state index contributed by atoms with van der Waals surface area (Å²) in [6, 6.07) is 0.155. The van der Waals surface area contributed by atoms with Crippen molar-refractivity contribution in [3.63, 3.8) is 0 Å². The van der Waals surface area contributed by atoms with Crippen molar-refractivity contribution in [1.82, 2.24) is 20.1 Å². The molecule has 92 valence electrons. The van der Waals surface area contributed by atoms with Gasteiger partial charge in [-0.1, -0.05) is 0 Å². The third-order valence-corrected chi connectivity index (χ3v) is 3.31. The van der Waals surface area contributed by atoms with Crippen molar-refractivity contribution in [2.24, 2.45) is 0 Å². The number of nitrogen functional groups attached to an aromatic ring is 1. The fraction of sp³-hybridized carbons (Fsp3) is 0.700. The van der Waals surface area contributed by atoms with Gasteiger partial charge in [-0.15, -0.1) is 5.10 Å². The predicted octanol–water partition coefficient (Wildman–Crippen LogP) is -0.704. The lowest BCUT2D eigenvalue weighted by Gasteiger charge is -2.19. The fourth-order valence-corrected chi connectivity index (χ4v) is 2.57. The summed E-state index contributed by atoms with van der Waals surface area (Å²) >= 11 is 0. The number of rotatable bonds is 3. The van der Waals surface area contributed by atoms with Crippen molar-refractivity contribution >= 4 is 11.9 Å². The van der Waals surface area contributed by atoms with Crippen LogP contribution in [0.3, 0.4) is 0 Å². The second-order valence-electron chi connectivity index (χ2n) is 4.58. The number of aromatic nitrogens is 3. The number of nitrogens with one attached hydrogen (secondary N) is 1. The van der Waals surface area contributed by atoms with Crippen molar-refractivity contribution in [2.75, 3.05) is 5.73 Å². The molecule has 3 heterocycles. The molecule has 17 heavy (non-hydrogen) atoms. The number of fused-ring (bicyclic) bond motifs is 2. The van der Waals surface area contributed by atoms with Crippen LogP contribution in [0.4, 0.5) is 5.95 Å². The van der Waals surface area contributed by atoms with Gasteiger partial charge in [0.05, 0.1) is 18.2 Å². The summed E-state index contributed by atoms with van der Waals surface area (Å²) < 4.78 is 7.10. The van der Waals surface area contributed by atoms with Gasteiger partial charge >= 0.3 is 0 Å². The Labute approximate surface area is 98.3 Å². The maximum absolute atomic E-state index is 11.8. The highest BCUT2D eigenvalue weighted by Gasteiger charge is 2.41. The zero-order valence-corrected chi connectivity index (χ0v) is 9.37. The van der Waals surface area contributed by atoms with Gasteiger partial charge in [-0.25, -0.2) is 9.67 Å². The molecule has 0 aromatic carbocycles. The van der Waals surface area contributed by atoms with Crippen LogP contribution in [0.5, 0.6) is 0 Å². The van der Waals surface area contributed by atoms with Gasteiger partial charge < -0.3 is 15.8 Å². The highest BCUT2D eigenvalue weighted by Crippen LogP contribution is 2.34. The molecule has 2 fully saturated rings. The summed E-state index contributed by atoms with van der Waals surface area (Å²) in [7, 11) is 0. The molecule has 0 aliphatic carbocycles. The molecule has 0 radical (unpaired) electrons. The normalized spacial score (nSPS) is 30.7. The van der Waals surface area contributed by atoms with Crippen LogP contribution < -0.4 is 11.1 Å². The van der Waals surface area contributed by atoms with Gasteiger partial charge in [-0.05, 0) is 19.3 Å². The van der Waals surface area contributed by atoms with Crippen molar-refractivity contribution in [3.05, 3.63) is 6.33 Å². The number of amides is 1. The Hall–Kier alpha value is -1.63. The van der Waals surface area contributed by atoms with Gasteiger partial charge in [0.2, 0.25) is 11.9 Å². The van der Waals surface area contributed by atoms with Crippen LogP contribution in [0.25, 0.3) is 0 Å². The molecule has 3 rings (SSSR count). The molecule has 1 aromatic rings. The first-order chi connectivity index (χ1) is 8.20. The molecule has 3 unspecified atom stereocenters. The quantitative estimate of drug-likeness (QED) is 0.724. The Bertz CT molecular complexity index is 432. The fourth-order valence-electron chi connectivity index (χ4n) is 2.57. The van der Waals surface area contributed by atoms with E-state index < -0.39 is 0 Å². The lowest BCUT2D eigenvalue weighted by atomic mass is 9.95.